The van der Waals surface area contributed by atoms with E-state index in [2.05, 4.69) is 11.1 Å². The van der Waals surface area contributed by atoms with Gasteiger partial charge in [0.05, 0.1) is 11.6 Å². The molecule has 0 spiro atoms. The molecule has 0 aliphatic heterocycles. The van der Waals surface area contributed by atoms with Gasteiger partial charge in [-0.3, -0.25) is 0 Å². The van der Waals surface area contributed by atoms with E-state index in [0.29, 0.717) is 11.4 Å². The molecule has 1 heterocycles. The molecule has 0 aliphatic rings. The average molecular weight is 183 g/mol. The third kappa shape index (κ3) is 1.34. The summed E-state index contributed by atoms with van der Waals surface area (Å²) in [7, 11) is 0. The van der Waals surface area contributed by atoms with Crippen molar-refractivity contribution in [1.82, 2.24) is 4.98 Å². The van der Waals surface area contributed by atoms with Crippen molar-refractivity contribution < 1.29 is 0 Å². The maximum absolute atomic E-state index is 8.89. The first-order valence-corrected chi connectivity index (χ1v) is 4.25. The number of aromatic amines is 1. The normalized spacial score (nSPS) is 9.64. The summed E-state index contributed by atoms with van der Waals surface area (Å²) in [4.78, 5) is 2.99. The second-order valence-corrected chi connectivity index (χ2v) is 2.98. The van der Waals surface area contributed by atoms with Gasteiger partial charge in [0, 0.05) is 11.3 Å². The summed E-state index contributed by atoms with van der Waals surface area (Å²) in [5, 5.41) is 8.89. The highest BCUT2D eigenvalue weighted by molar-refractivity contribution is 5.69. The smallest absolute Gasteiger partial charge is 0.101 e. The van der Waals surface area contributed by atoms with Gasteiger partial charge in [0.15, 0.2) is 0 Å². The Kier molecular flexibility index (Phi) is 1.96. The standard InChI is InChI=1S/C11H9N3/c12-7-8-3-1-2-4-9(8)10-5-6-11(13)14-10/h1-6,14H,13H2. The van der Waals surface area contributed by atoms with Crippen LogP contribution in [0.1, 0.15) is 5.56 Å². The Bertz CT molecular complexity index is 491. The minimum atomic E-state index is 0.604. The molecule has 1 aromatic heterocycles. The van der Waals surface area contributed by atoms with E-state index >= 15 is 0 Å². The Morgan fingerprint density at radius 1 is 1.14 bits per heavy atom. The Morgan fingerprint density at radius 3 is 2.57 bits per heavy atom. The second-order valence-electron chi connectivity index (χ2n) is 2.98. The highest BCUT2D eigenvalue weighted by Crippen LogP contribution is 2.22. The van der Waals surface area contributed by atoms with Crippen molar-refractivity contribution in [3.05, 3.63) is 42.0 Å². The van der Waals surface area contributed by atoms with Gasteiger partial charge >= 0.3 is 0 Å². The Morgan fingerprint density at radius 2 is 1.93 bits per heavy atom. The van der Waals surface area contributed by atoms with Crippen LogP contribution in [0.3, 0.4) is 0 Å². The molecule has 0 aliphatic carbocycles. The number of hydrogen-bond acceptors (Lipinski definition) is 2. The Hall–Kier alpha value is -2.21. The van der Waals surface area contributed by atoms with Crippen LogP contribution in [0.25, 0.3) is 11.3 Å². The van der Waals surface area contributed by atoms with Crippen LogP contribution in [0.2, 0.25) is 0 Å². The van der Waals surface area contributed by atoms with E-state index in [4.69, 9.17) is 11.0 Å². The molecule has 3 heteroatoms. The number of nitriles is 1. The zero-order chi connectivity index (χ0) is 9.97. The molecule has 3 N–H and O–H groups in total. The van der Waals surface area contributed by atoms with Crippen molar-refractivity contribution >= 4 is 5.82 Å². The molecule has 2 rings (SSSR count). The van der Waals surface area contributed by atoms with Gasteiger partial charge in [0.1, 0.15) is 5.82 Å². The molecule has 0 unspecified atom stereocenters. The lowest BCUT2D eigenvalue weighted by Crippen LogP contribution is -1.86. The van der Waals surface area contributed by atoms with E-state index in [1.165, 1.54) is 0 Å². The second kappa shape index (κ2) is 3.27. The van der Waals surface area contributed by atoms with Crippen molar-refractivity contribution in [2.45, 2.75) is 0 Å². The van der Waals surface area contributed by atoms with Crippen LogP contribution in [0.4, 0.5) is 5.82 Å². The minimum absolute atomic E-state index is 0.604. The summed E-state index contributed by atoms with van der Waals surface area (Å²) in [6.07, 6.45) is 0. The number of nitrogen functional groups attached to an aromatic ring is 1. The Labute approximate surface area is 81.8 Å². The van der Waals surface area contributed by atoms with Gasteiger partial charge in [-0.15, -0.1) is 0 Å². The summed E-state index contributed by atoms with van der Waals surface area (Å²) >= 11 is 0. The van der Waals surface area contributed by atoms with Crippen LogP contribution in [0.15, 0.2) is 36.4 Å². The SMILES string of the molecule is N#Cc1ccccc1-c1ccc(N)[nH]1. The maximum Gasteiger partial charge on any atom is 0.101 e. The number of H-pyrrole nitrogens is 1. The van der Waals surface area contributed by atoms with Crippen LogP contribution < -0.4 is 5.73 Å². The third-order valence-electron chi connectivity index (χ3n) is 2.05. The summed E-state index contributed by atoms with van der Waals surface area (Å²) in [5.41, 5.74) is 7.97. The zero-order valence-corrected chi connectivity index (χ0v) is 7.49. The molecule has 0 bridgehead atoms. The van der Waals surface area contributed by atoms with Crippen LogP contribution in [0, 0.1) is 11.3 Å². The van der Waals surface area contributed by atoms with Crippen LogP contribution >= 0.6 is 0 Å². The largest absolute Gasteiger partial charge is 0.385 e. The molecular weight excluding hydrogens is 174 g/mol. The lowest BCUT2D eigenvalue weighted by atomic mass is 10.1. The predicted molar refractivity (Wildman–Crippen MR) is 55.4 cm³/mol. The van der Waals surface area contributed by atoms with Gasteiger partial charge in [-0.2, -0.15) is 5.26 Å². The first-order chi connectivity index (χ1) is 6.81. The predicted octanol–water partition coefficient (Wildman–Crippen LogP) is 2.14. The molecule has 68 valence electrons. The summed E-state index contributed by atoms with van der Waals surface area (Å²) in [6.45, 7) is 0. The molecule has 0 atom stereocenters. The highest BCUT2D eigenvalue weighted by Gasteiger charge is 2.04. The fourth-order valence-electron chi connectivity index (χ4n) is 1.38. The number of anilines is 1. The van der Waals surface area contributed by atoms with E-state index in [0.717, 1.165) is 11.3 Å². The van der Waals surface area contributed by atoms with Crippen LogP contribution in [-0.2, 0) is 0 Å². The third-order valence-corrected chi connectivity index (χ3v) is 2.05. The number of nitrogens with one attached hydrogen (secondary N) is 1. The van der Waals surface area contributed by atoms with Gasteiger partial charge in [-0.1, -0.05) is 18.2 Å². The number of hydrogen-bond donors (Lipinski definition) is 2. The molecule has 1 aromatic carbocycles. The quantitative estimate of drug-likeness (QED) is 0.711. The van der Waals surface area contributed by atoms with Crippen molar-refractivity contribution in [2.75, 3.05) is 5.73 Å². The highest BCUT2D eigenvalue weighted by atomic mass is 14.8. The molecule has 0 saturated carbocycles. The first kappa shape index (κ1) is 8.39. The number of nitrogens with two attached hydrogens (primary N) is 1. The number of aromatic nitrogens is 1. The van der Waals surface area contributed by atoms with Gasteiger partial charge in [-0.25, -0.2) is 0 Å². The van der Waals surface area contributed by atoms with Crippen molar-refractivity contribution in [2.24, 2.45) is 0 Å². The molecule has 14 heavy (non-hydrogen) atoms. The topological polar surface area (TPSA) is 65.6 Å². The molecular formula is C11H9N3. The Balaban J connectivity index is 2.57. The molecule has 3 nitrogen and oxygen atoms in total. The molecule has 0 radical (unpaired) electrons. The first-order valence-electron chi connectivity index (χ1n) is 4.25. The fraction of sp³-hybridized carbons (Fsp3) is 0. The van der Waals surface area contributed by atoms with Crippen molar-refractivity contribution in [1.29, 1.82) is 5.26 Å². The van der Waals surface area contributed by atoms with Crippen molar-refractivity contribution in [3.8, 4) is 17.3 Å². The van der Waals surface area contributed by atoms with E-state index in [1.807, 2.05) is 24.3 Å². The molecule has 2 aromatic rings. The minimum Gasteiger partial charge on any atom is -0.385 e. The fourth-order valence-corrected chi connectivity index (χ4v) is 1.38. The molecule has 0 saturated heterocycles. The van der Waals surface area contributed by atoms with E-state index in [-0.39, 0.29) is 0 Å². The number of nitrogens with zero attached hydrogens (tertiary/aromatic N) is 1. The van der Waals surface area contributed by atoms with Gasteiger partial charge in [-0.05, 0) is 18.2 Å². The summed E-state index contributed by atoms with van der Waals surface area (Å²) < 4.78 is 0. The van der Waals surface area contributed by atoms with Crippen LogP contribution in [-0.4, -0.2) is 4.98 Å². The summed E-state index contributed by atoms with van der Waals surface area (Å²) in [6, 6.07) is 13.2. The molecule has 0 amide bonds. The maximum atomic E-state index is 8.89. The number of rotatable bonds is 1. The lowest BCUT2D eigenvalue weighted by Gasteiger charge is -1.99. The van der Waals surface area contributed by atoms with E-state index in [1.54, 1.807) is 12.1 Å². The van der Waals surface area contributed by atoms with Crippen molar-refractivity contribution in [3.63, 3.8) is 0 Å². The summed E-state index contributed by atoms with van der Waals surface area (Å²) in [5.74, 6) is 0.604. The zero-order valence-electron chi connectivity index (χ0n) is 7.49. The molecule has 0 fully saturated rings. The lowest BCUT2D eigenvalue weighted by molar-refractivity contribution is 1.39. The average Bonchev–Trinajstić information content (AvgIpc) is 2.65. The van der Waals surface area contributed by atoms with E-state index < -0.39 is 0 Å². The van der Waals surface area contributed by atoms with Gasteiger partial charge in [0.2, 0.25) is 0 Å². The monoisotopic (exact) mass is 183 g/mol. The number of benzene rings is 1. The van der Waals surface area contributed by atoms with Crippen LogP contribution in [0.5, 0.6) is 0 Å². The van der Waals surface area contributed by atoms with Gasteiger partial charge < -0.3 is 10.7 Å². The van der Waals surface area contributed by atoms with E-state index in [9.17, 15) is 0 Å². The van der Waals surface area contributed by atoms with Gasteiger partial charge in [0.25, 0.3) is 0 Å².